The Labute approximate surface area is 152 Å². The molecule has 0 bridgehead atoms. The van der Waals surface area contributed by atoms with Gasteiger partial charge >= 0.3 is 12.3 Å². The highest BCUT2D eigenvalue weighted by atomic mass is 79.9. The van der Waals surface area contributed by atoms with Crippen LogP contribution >= 0.6 is 15.9 Å². The molecule has 1 fully saturated rings. The number of rotatable bonds is 0. The summed E-state index contributed by atoms with van der Waals surface area (Å²) in [5.41, 5.74) is -0.543. The number of carbonyl (C=O) groups excluding carboxylic acids is 1. The van der Waals surface area contributed by atoms with E-state index in [0.717, 1.165) is 6.07 Å². The van der Waals surface area contributed by atoms with Crippen LogP contribution in [-0.2, 0) is 10.9 Å². The molecule has 3 rings (SSSR count). The molecule has 0 radical (unpaired) electrons. The van der Waals surface area contributed by atoms with Crippen molar-refractivity contribution in [2.45, 2.75) is 50.9 Å². The number of piperidine rings is 1. The fourth-order valence-corrected chi connectivity index (χ4v) is 3.90. The van der Waals surface area contributed by atoms with Gasteiger partial charge in [0.05, 0.1) is 11.3 Å². The SMILES string of the molecule is CC(C)(C)OC(=O)N1CC[C@@H]2Nc3c(cc(Br)cc3C(F)(F)F)[C@@H]2C1. The topological polar surface area (TPSA) is 41.6 Å². The van der Waals surface area contributed by atoms with Crippen molar-refractivity contribution < 1.29 is 22.7 Å². The molecule has 0 unspecified atom stereocenters. The van der Waals surface area contributed by atoms with Gasteiger partial charge in [-0.05, 0) is 44.9 Å². The second kappa shape index (κ2) is 6.07. The van der Waals surface area contributed by atoms with Crippen LogP contribution in [0.25, 0.3) is 0 Å². The normalized spacial score (nSPS) is 22.9. The van der Waals surface area contributed by atoms with Gasteiger partial charge in [-0.2, -0.15) is 13.2 Å². The molecule has 4 nitrogen and oxygen atoms in total. The van der Waals surface area contributed by atoms with E-state index in [9.17, 15) is 18.0 Å². The maximum atomic E-state index is 13.3. The maximum Gasteiger partial charge on any atom is 0.418 e. The monoisotopic (exact) mass is 420 g/mol. The van der Waals surface area contributed by atoms with E-state index in [-0.39, 0.29) is 17.6 Å². The number of hydrogen-bond donors (Lipinski definition) is 1. The lowest BCUT2D eigenvalue weighted by molar-refractivity contribution is -0.137. The third-order valence-electron chi connectivity index (χ3n) is 4.43. The third-order valence-corrected chi connectivity index (χ3v) is 4.89. The van der Waals surface area contributed by atoms with Gasteiger partial charge < -0.3 is 15.0 Å². The van der Waals surface area contributed by atoms with Crippen LogP contribution in [0.1, 0.15) is 44.2 Å². The number of alkyl halides is 3. The summed E-state index contributed by atoms with van der Waals surface area (Å²) in [7, 11) is 0. The van der Waals surface area contributed by atoms with E-state index in [1.807, 2.05) is 0 Å². The standard InChI is InChI=1S/C17H20BrF3N2O2/c1-16(2,3)25-15(24)23-5-4-13-11(8-23)10-6-9(18)7-12(14(10)22-13)17(19,20)21/h6-7,11,13,22H,4-5,8H2,1-3H3/t11-,13-/m0/s1. The molecule has 0 saturated carbocycles. The number of amides is 1. The van der Waals surface area contributed by atoms with E-state index in [4.69, 9.17) is 4.74 Å². The second-order valence-corrected chi connectivity index (χ2v) is 8.40. The van der Waals surface area contributed by atoms with E-state index < -0.39 is 23.4 Å². The van der Waals surface area contributed by atoms with E-state index in [1.165, 1.54) is 0 Å². The van der Waals surface area contributed by atoms with Crippen LogP contribution in [0.4, 0.5) is 23.7 Å². The first-order valence-electron chi connectivity index (χ1n) is 8.11. The number of nitrogens with zero attached hydrogens (tertiary/aromatic N) is 1. The van der Waals surface area contributed by atoms with Crippen LogP contribution in [0.15, 0.2) is 16.6 Å². The molecule has 1 aromatic rings. The first-order chi connectivity index (χ1) is 11.5. The summed E-state index contributed by atoms with van der Waals surface area (Å²) in [5.74, 6) is -0.185. The average Bonchev–Trinajstić information content (AvgIpc) is 2.81. The quantitative estimate of drug-likeness (QED) is 0.642. The molecule has 1 N–H and O–H groups in total. The lowest BCUT2D eigenvalue weighted by Gasteiger charge is -2.36. The number of likely N-dealkylation sites (tertiary alicyclic amines) is 1. The zero-order chi connectivity index (χ0) is 18.6. The Kier molecular flexibility index (Phi) is 4.46. The number of ether oxygens (including phenoxy) is 1. The van der Waals surface area contributed by atoms with Crippen molar-refractivity contribution in [3.05, 3.63) is 27.7 Å². The first kappa shape index (κ1) is 18.4. The van der Waals surface area contributed by atoms with Gasteiger partial charge in [0.25, 0.3) is 0 Å². The van der Waals surface area contributed by atoms with Gasteiger partial charge in [0, 0.05) is 29.5 Å². The Morgan fingerprint density at radius 2 is 2.00 bits per heavy atom. The molecule has 0 spiro atoms. The van der Waals surface area contributed by atoms with Crippen molar-refractivity contribution in [1.82, 2.24) is 4.90 Å². The van der Waals surface area contributed by atoms with E-state index in [0.29, 0.717) is 29.5 Å². The van der Waals surface area contributed by atoms with Crippen molar-refractivity contribution in [2.75, 3.05) is 18.4 Å². The molecule has 2 aliphatic heterocycles. The number of benzene rings is 1. The Balaban J connectivity index is 1.88. The molecule has 2 aliphatic rings. The molecule has 25 heavy (non-hydrogen) atoms. The molecule has 1 amide bonds. The average molecular weight is 421 g/mol. The molecule has 138 valence electrons. The first-order valence-corrected chi connectivity index (χ1v) is 8.90. The van der Waals surface area contributed by atoms with Gasteiger partial charge in [-0.1, -0.05) is 15.9 Å². The summed E-state index contributed by atoms with van der Waals surface area (Å²) >= 11 is 3.18. The predicted octanol–water partition coefficient (Wildman–Crippen LogP) is 4.99. The molecule has 2 heterocycles. The van der Waals surface area contributed by atoms with Gasteiger partial charge in [0.15, 0.2) is 0 Å². The number of carbonyl (C=O) groups is 1. The molecule has 0 aromatic heterocycles. The summed E-state index contributed by atoms with van der Waals surface area (Å²) in [6.07, 6.45) is -4.28. The van der Waals surface area contributed by atoms with Gasteiger partial charge in [-0.25, -0.2) is 4.79 Å². The summed E-state index contributed by atoms with van der Waals surface area (Å²) in [5, 5.41) is 3.03. The van der Waals surface area contributed by atoms with Gasteiger partial charge in [-0.15, -0.1) is 0 Å². The van der Waals surface area contributed by atoms with Crippen LogP contribution in [0.2, 0.25) is 0 Å². The summed E-state index contributed by atoms with van der Waals surface area (Å²) in [6, 6.07) is 2.69. The van der Waals surface area contributed by atoms with Crippen molar-refractivity contribution in [3.63, 3.8) is 0 Å². The van der Waals surface area contributed by atoms with E-state index in [2.05, 4.69) is 21.2 Å². The van der Waals surface area contributed by atoms with E-state index >= 15 is 0 Å². The number of anilines is 1. The molecule has 8 heteroatoms. The Bertz CT molecular complexity index is 700. The highest BCUT2D eigenvalue weighted by Gasteiger charge is 2.44. The van der Waals surface area contributed by atoms with Gasteiger partial charge in [-0.3, -0.25) is 0 Å². The zero-order valence-corrected chi connectivity index (χ0v) is 15.8. The summed E-state index contributed by atoms with van der Waals surface area (Å²) in [4.78, 5) is 13.9. The van der Waals surface area contributed by atoms with Gasteiger partial charge in [0.2, 0.25) is 0 Å². The highest BCUT2D eigenvalue weighted by Crippen LogP contribution is 2.48. The van der Waals surface area contributed by atoms with E-state index in [1.54, 1.807) is 31.7 Å². The second-order valence-electron chi connectivity index (χ2n) is 7.49. The molecule has 1 aromatic carbocycles. The minimum absolute atomic E-state index is 0.107. The van der Waals surface area contributed by atoms with Gasteiger partial charge in [0.1, 0.15) is 5.60 Å². The number of fused-ring (bicyclic) bond motifs is 3. The lowest BCUT2D eigenvalue weighted by atomic mass is 9.89. The van der Waals surface area contributed by atoms with Crippen LogP contribution in [0, 0.1) is 0 Å². The molecule has 1 saturated heterocycles. The lowest BCUT2D eigenvalue weighted by Crippen LogP contribution is -2.46. The molecular weight excluding hydrogens is 401 g/mol. The van der Waals surface area contributed by atoms with Crippen LogP contribution in [0.3, 0.4) is 0 Å². The van der Waals surface area contributed by atoms with Crippen molar-refractivity contribution in [1.29, 1.82) is 0 Å². The Morgan fingerprint density at radius 3 is 2.60 bits per heavy atom. The summed E-state index contributed by atoms with van der Waals surface area (Å²) < 4.78 is 45.8. The Morgan fingerprint density at radius 1 is 1.32 bits per heavy atom. The minimum atomic E-state index is -4.43. The largest absolute Gasteiger partial charge is 0.444 e. The van der Waals surface area contributed by atoms with Crippen molar-refractivity contribution >= 4 is 27.7 Å². The van der Waals surface area contributed by atoms with Crippen LogP contribution in [-0.4, -0.2) is 35.7 Å². The Hall–Kier alpha value is -1.44. The molecular formula is C17H20BrF3N2O2. The maximum absolute atomic E-state index is 13.3. The minimum Gasteiger partial charge on any atom is -0.444 e. The van der Waals surface area contributed by atoms with Crippen LogP contribution in [0.5, 0.6) is 0 Å². The predicted molar refractivity (Wildman–Crippen MR) is 91.7 cm³/mol. The van der Waals surface area contributed by atoms with Crippen LogP contribution < -0.4 is 5.32 Å². The zero-order valence-electron chi connectivity index (χ0n) is 14.2. The number of nitrogens with one attached hydrogen (secondary N) is 1. The van der Waals surface area contributed by atoms with Crippen molar-refractivity contribution in [3.8, 4) is 0 Å². The number of halogens is 4. The summed E-state index contributed by atoms with van der Waals surface area (Å²) in [6.45, 7) is 6.16. The molecule has 2 atom stereocenters. The fourth-order valence-electron chi connectivity index (χ4n) is 3.42. The highest BCUT2D eigenvalue weighted by molar-refractivity contribution is 9.10. The fraction of sp³-hybridized carbons (Fsp3) is 0.588. The third kappa shape index (κ3) is 3.73. The number of hydrogen-bond acceptors (Lipinski definition) is 3. The molecule has 0 aliphatic carbocycles. The van der Waals surface area contributed by atoms with Crippen molar-refractivity contribution in [2.24, 2.45) is 0 Å². The smallest absolute Gasteiger partial charge is 0.418 e.